The van der Waals surface area contributed by atoms with E-state index < -0.39 is 0 Å². The number of anilines is 6. The van der Waals surface area contributed by atoms with E-state index in [0.29, 0.717) is 0 Å². The van der Waals surface area contributed by atoms with Gasteiger partial charge in [0.25, 0.3) is 0 Å². The molecule has 0 aliphatic heterocycles. The second-order valence-electron chi connectivity index (χ2n) is 18.2. The van der Waals surface area contributed by atoms with Gasteiger partial charge < -0.3 is 9.80 Å². The van der Waals surface area contributed by atoms with E-state index in [9.17, 15) is 0 Å². The van der Waals surface area contributed by atoms with Crippen LogP contribution in [0.1, 0.15) is 0 Å². The molecule has 0 amide bonds. The Bertz CT molecular complexity index is 4060. The summed E-state index contributed by atoms with van der Waals surface area (Å²) in [5.41, 5.74) is 17.7. The number of hydrogen-bond acceptors (Lipinski definition) is 4. The third-order valence-corrected chi connectivity index (χ3v) is 13.9. The van der Waals surface area contributed by atoms with Crippen LogP contribution in [0.3, 0.4) is 0 Å². The first-order valence-corrected chi connectivity index (χ1v) is 24.5. The molecule has 0 radical (unpaired) electrons. The van der Waals surface area contributed by atoms with Crippen molar-refractivity contribution in [2.24, 2.45) is 0 Å². The van der Waals surface area contributed by atoms with Crippen molar-refractivity contribution < 1.29 is 0 Å². The Labute approximate surface area is 419 Å². The molecule has 0 aliphatic carbocycles. The molecule has 0 unspecified atom stereocenters. The number of rotatable bonds is 10. The quantitative estimate of drug-likeness (QED) is 0.128. The summed E-state index contributed by atoms with van der Waals surface area (Å²) in [5.74, 6) is 0. The van der Waals surface area contributed by atoms with Crippen LogP contribution in [0, 0.1) is 0 Å². The summed E-state index contributed by atoms with van der Waals surface area (Å²) in [6, 6.07) is 96.2. The van der Waals surface area contributed by atoms with Gasteiger partial charge in [-0.25, -0.2) is 0 Å². The average Bonchev–Trinajstić information content (AvgIpc) is 3.46. The molecule has 72 heavy (non-hydrogen) atoms. The summed E-state index contributed by atoms with van der Waals surface area (Å²) in [6.07, 6.45) is 3.73. The lowest BCUT2D eigenvalue weighted by Crippen LogP contribution is -2.12. The van der Waals surface area contributed by atoms with Gasteiger partial charge in [-0.05, 0) is 175 Å². The van der Waals surface area contributed by atoms with Crippen LogP contribution in [0.15, 0.2) is 279 Å². The second-order valence-corrected chi connectivity index (χ2v) is 18.2. The number of pyridine rings is 2. The third kappa shape index (κ3) is 7.87. The number of aromatic nitrogens is 2. The zero-order valence-electron chi connectivity index (χ0n) is 39.3. The molecule has 13 aromatic rings. The van der Waals surface area contributed by atoms with Crippen LogP contribution in [0.5, 0.6) is 0 Å². The van der Waals surface area contributed by atoms with Crippen molar-refractivity contribution in [3.05, 3.63) is 279 Å². The monoisotopic (exact) mass is 918 g/mol. The van der Waals surface area contributed by atoms with E-state index in [1.165, 1.54) is 27.3 Å². The minimum atomic E-state index is 0.981. The Morgan fingerprint density at radius 3 is 1.08 bits per heavy atom. The number of nitrogens with zero attached hydrogens (tertiary/aromatic N) is 4. The van der Waals surface area contributed by atoms with Gasteiger partial charge in [-0.3, -0.25) is 9.97 Å². The van der Waals surface area contributed by atoms with Gasteiger partial charge in [-0.15, -0.1) is 0 Å². The molecule has 2 aromatic heterocycles. The molecule has 0 atom stereocenters. The van der Waals surface area contributed by atoms with Crippen LogP contribution in [0.4, 0.5) is 34.1 Å². The van der Waals surface area contributed by atoms with E-state index >= 15 is 0 Å². The van der Waals surface area contributed by atoms with Gasteiger partial charge >= 0.3 is 0 Å². The maximum atomic E-state index is 4.71. The number of hydrogen-bond donors (Lipinski definition) is 0. The molecule has 0 saturated carbocycles. The van der Waals surface area contributed by atoms with E-state index in [4.69, 9.17) is 9.97 Å². The van der Waals surface area contributed by atoms with Crippen LogP contribution < -0.4 is 9.80 Å². The topological polar surface area (TPSA) is 32.3 Å². The molecule has 0 bridgehead atoms. The molecule has 0 N–H and O–H groups in total. The molecule has 4 heteroatoms. The van der Waals surface area contributed by atoms with E-state index in [-0.39, 0.29) is 0 Å². The van der Waals surface area contributed by atoms with E-state index in [1.54, 1.807) is 0 Å². The van der Waals surface area contributed by atoms with Crippen molar-refractivity contribution in [1.29, 1.82) is 0 Å². The highest BCUT2D eigenvalue weighted by Crippen LogP contribution is 2.48. The van der Waals surface area contributed by atoms with Crippen LogP contribution in [-0.2, 0) is 0 Å². The predicted molar refractivity (Wildman–Crippen MR) is 303 cm³/mol. The van der Waals surface area contributed by atoms with Crippen molar-refractivity contribution in [2.45, 2.75) is 0 Å². The molecule has 0 fully saturated rings. The number of benzene rings is 11. The van der Waals surface area contributed by atoms with Gasteiger partial charge in [0.1, 0.15) is 0 Å². The smallest absolute Gasteiger partial charge is 0.0708 e. The van der Waals surface area contributed by atoms with Crippen molar-refractivity contribution in [1.82, 2.24) is 9.97 Å². The Kier molecular flexibility index (Phi) is 10.8. The van der Waals surface area contributed by atoms with Crippen molar-refractivity contribution in [2.75, 3.05) is 9.80 Å². The van der Waals surface area contributed by atoms with Gasteiger partial charge in [-0.2, -0.15) is 0 Å². The first-order chi connectivity index (χ1) is 35.7. The summed E-state index contributed by atoms with van der Waals surface area (Å²) >= 11 is 0. The van der Waals surface area contributed by atoms with Gasteiger partial charge in [0.15, 0.2) is 0 Å². The molecule has 0 aliphatic rings. The summed E-state index contributed by atoms with van der Waals surface area (Å²) < 4.78 is 0. The number of fused-ring (bicyclic) bond motifs is 4. The van der Waals surface area contributed by atoms with Gasteiger partial charge in [0.05, 0.1) is 11.0 Å². The minimum absolute atomic E-state index is 0.981. The Balaban J connectivity index is 1.02. The molecule has 0 saturated heterocycles. The van der Waals surface area contributed by atoms with Crippen molar-refractivity contribution >= 4 is 77.5 Å². The summed E-state index contributed by atoms with van der Waals surface area (Å²) in [4.78, 5) is 14.1. The second kappa shape index (κ2) is 18.4. The number of para-hydroxylation sites is 3. The largest absolute Gasteiger partial charge is 0.311 e. The maximum Gasteiger partial charge on any atom is 0.0708 e. The maximum absolute atomic E-state index is 4.71. The van der Waals surface area contributed by atoms with Crippen LogP contribution in [0.2, 0.25) is 0 Å². The van der Waals surface area contributed by atoms with Gasteiger partial charge in [0.2, 0.25) is 0 Å². The summed E-state index contributed by atoms with van der Waals surface area (Å²) in [7, 11) is 0. The minimum Gasteiger partial charge on any atom is -0.311 e. The first kappa shape index (κ1) is 42.5. The lowest BCUT2D eigenvalue weighted by molar-refractivity contribution is 1.26. The normalized spacial score (nSPS) is 11.3. The van der Waals surface area contributed by atoms with Crippen LogP contribution in [-0.4, -0.2) is 9.97 Å². The molecule has 0 spiro atoms. The van der Waals surface area contributed by atoms with Gasteiger partial charge in [-0.1, -0.05) is 158 Å². The molecular formula is C68H46N4. The Morgan fingerprint density at radius 2 is 0.597 bits per heavy atom. The first-order valence-electron chi connectivity index (χ1n) is 24.5. The van der Waals surface area contributed by atoms with E-state index in [2.05, 4.69) is 265 Å². The lowest BCUT2D eigenvalue weighted by Gasteiger charge is -2.29. The van der Waals surface area contributed by atoms with Crippen LogP contribution in [0.25, 0.3) is 87.9 Å². The molecular weight excluding hydrogens is 873 g/mol. The van der Waals surface area contributed by atoms with Crippen molar-refractivity contribution in [3.8, 4) is 44.5 Å². The predicted octanol–water partition coefficient (Wildman–Crippen LogP) is 18.7. The highest BCUT2D eigenvalue weighted by Gasteiger charge is 2.22. The average molecular weight is 919 g/mol. The fraction of sp³-hybridized carbons (Fsp3) is 0. The fourth-order valence-corrected chi connectivity index (χ4v) is 10.5. The van der Waals surface area contributed by atoms with Gasteiger partial charge in [0, 0.05) is 57.3 Å². The summed E-state index contributed by atoms with van der Waals surface area (Å²) in [5, 5.41) is 6.98. The van der Waals surface area contributed by atoms with Crippen molar-refractivity contribution in [3.63, 3.8) is 0 Å². The molecule has 13 rings (SSSR count). The van der Waals surface area contributed by atoms with E-state index in [0.717, 1.165) is 94.7 Å². The zero-order chi connectivity index (χ0) is 47.8. The molecule has 338 valence electrons. The molecule has 2 heterocycles. The molecule has 11 aromatic carbocycles. The standard InChI is InChI=1S/C68H46N4/c1-4-22-55(23-5-1)71(56-24-6-2-7-25-56)58-34-36-59(37-35-58)72(57-26-8-3-9-27-57)60-38-39-63-64(46-60)68(54-19-13-17-50(43-54)52-33-31-48-21-15-41-70-66(48)45-52)62-29-11-10-28-61(62)67(63)53-18-12-16-49(42-53)51-32-30-47-20-14-40-69-65(47)44-51/h1-46H. The highest BCUT2D eigenvalue weighted by atomic mass is 15.2. The van der Waals surface area contributed by atoms with E-state index in [1.807, 2.05) is 24.5 Å². The van der Waals surface area contributed by atoms with Crippen LogP contribution >= 0.6 is 0 Å². The third-order valence-electron chi connectivity index (χ3n) is 13.9. The fourth-order valence-electron chi connectivity index (χ4n) is 10.5. The Hall–Kier alpha value is -9.64. The Morgan fingerprint density at radius 1 is 0.222 bits per heavy atom. The summed E-state index contributed by atoms with van der Waals surface area (Å²) in [6.45, 7) is 0. The molecule has 4 nitrogen and oxygen atoms in total. The SMILES string of the molecule is c1ccc(N(c2ccccc2)c2ccc(N(c3ccccc3)c3ccc4c(-c5cccc(-c6ccc7cccnc7c6)c5)c5ccccc5c(-c5cccc(-c6ccc7cccnc7c6)c5)c4c3)cc2)cc1. The highest BCUT2D eigenvalue weighted by molar-refractivity contribution is 6.22. The lowest BCUT2D eigenvalue weighted by atomic mass is 9.84. The zero-order valence-corrected chi connectivity index (χ0v) is 39.3.